The average Bonchev–Trinajstić information content (AvgIpc) is 2.70. The van der Waals surface area contributed by atoms with Gasteiger partial charge in [-0.1, -0.05) is 11.6 Å². The minimum atomic E-state index is -4.80. The van der Waals surface area contributed by atoms with Crippen LogP contribution in [-0.2, 0) is 15.0 Å². The fourth-order valence-electron chi connectivity index (χ4n) is 2.32. The maximum atomic E-state index is 13.5. The molecule has 1 unspecified atom stereocenters. The van der Waals surface area contributed by atoms with Gasteiger partial charge < -0.3 is 4.90 Å². The Balaban J connectivity index is 2.42. The Kier molecular flexibility index (Phi) is 4.34. The van der Waals surface area contributed by atoms with E-state index in [4.69, 9.17) is 11.6 Å². The van der Waals surface area contributed by atoms with Gasteiger partial charge in [0.25, 0.3) is 5.69 Å². The minimum Gasteiger partial charge on any atom is -0.305 e. The summed E-state index contributed by atoms with van der Waals surface area (Å²) in [7, 11) is -4.80. The van der Waals surface area contributed by atoms with Crippen LogP contribution in [0.25, 0.3) is 0 Å². The first kappa shape index (κ1) is 16.6. The number of amides is 1. The third kappa shape index (κ3) is 3.33. The monoisotopic (exact) mass is 354 g/mol. The van der Waals surface area contributed by atoms with E-state index in [9.17, 15) is 31.6 Å². The van der Waals surface area contributed by atoms with Crippen molar-refractivity contribution in [2.75, 3.05) is 17.2 Å². The molecule has 1 amide bonds. The van der Waals surface area contributed by atoms with Crippen molar-refractivity contribution in [1.82, 2.24) is 0 Å². The van der Waals surface area contributed by atoms with Crippen molar-refractivity contribution in [2.45, 2.75) is 6.42 Å². The Hall–Kier alpha value is -1.81. The second-order valence-corrected chi connectivity index (χ2v) is 6.56. The van der Waals surface area contributed by atoms with Crippen molar-refractivity contribution >= 4 is 39.1 Å². The fraction of sp³-hybridized carbons (Fsp3) is 0.364. The molecule has 0 radical (unpaired) electrons. The van der Waals surface area contributed by atoms with E-state index in [0.29, 0.717) is 0 Å². The first-order valence-corrected chi connectivity index (χ1v) is 7.88. The van der Waals surface area contributed by atoms with E-state index in [1.807, 2.05) is 0 Å². The predicted molar refractivity (Wildman–Crippen MR) is 73.4 cm³/mol. The Morgan fingerprint density at radius 2 is 2.09 bits per heavy atom. The van der Waals surface area contributed by atoms with Crippen LogP contribution >= 0.6 is 11.6 Å². The van der Waals surface area contributed by atoms with E-state index in [1.165, 1.54) is 0 Å². The van der Waals surface area contributed by atoms with Gasteiger partial charge in [0.05, 0.1) is 10.7 Å². The molecule has 1 fully saturated rings. The van der Waals surface area contributed by atoms with Crippen molar-refractivity contribution in [1.29, 1.82) is 0 Å². The van der Waals surface area contributed by atoms with Gasteiger partial charge in [-0.25, -0.2) is 4.39 Å². The van der Waals surface area contributed by atoms with Crippen molar-refractivity contribution in [3.05, 3.63) is 33.1 Å². The number of carbonyl (C=O) groups is 1. The van der Waals surface area contributed by atoms with Crippen LogP contribution in [0.1, 0.15) is 6.42 Å². The number of anilines is 1. The van der Waals surface area contributed by atoms with E-state index in [1.54, 1.807) is 0 Å². The number of rotatable bonds is 4. The molecule has 1 atom stereocenters. The molecule has 1 aromatic carbocycles. The van der Waals surface area contributed by atoms with Crippen molar-refractivity contribution < 1.29 is 26.4 Å². The molecule has 0 bridgehead atoms. The van der Waals surface area contributed by atoms with Gasteiger partial charge in [-0.3, -0.25) is 14.9 Å². The van der Waals surface area contributed by atoms with Gasteiger partial charge >= 0.3 is 10.2 Å². The van der Waals surface area contributed by atoms with E-state index < -0.39 is 54.9 Å². The number of hydrogen-bond donors (Lipinski definition) is 0. The number of nitro benzene ring substituents is 1. The zero-order valence-electron chi connectivity index (χ0n) is 10.8. The molecule has 1 aliphatic heterocycles. The third-order valence-electron chi connectivity index (χ3n) is 3.15. The first-order chi connectivity index (χ1) is 10.1. The molecule has 1 saturated heterocycles. The Morgan fingerprint density at radius 3 is 2.64 bits per heavy atom. The molecule has 0 spiro atoms. The standard InChI is InChI=1S/C11H9ClF2N2O5S/c12-10-7(13)1-2-8(16(18)19)11(10)15-4-6(3-9(15)17)5-22(14,20)21/h1-2,6H,3-5H2. The Labute approximate surface area is 128 Å². The third-order valence-corrected chi connectivity index (χ3v) is 4.38. The van der Waals surface area contributed by atoms with Crippen molar-refractivity contribution in [3.63, 3.8) is 0 Å². The second-order valence-electron chi connectivity index (χ2n) is 4.77. The van der Waals surface area contributed by atoms with E-state index >= 15 is 0 Å². The molecule has 1 aliphatic rings. The summed E-state index contributed by atoms with van der Waals surface area (Å²) >= 11 is 5.70. The normalized spacial score (nSPS) is 18.8. The molecule has 0 aromatic heterocycles. The lowest BCUT2D eigenvalue weighted by atomic mass is 10.1. The van der Waals surface area contributed by atoms with Crippen molar-refractivity contribution in [2.24, 2.45) is 5.92 Å². The molecule has 1 heterocycles. The van der Waals surface area contributed by atoms with Crippen LogP contribution in [0.3, 0.4) is 0 Å². The van der Waals surface area contributed by atoms with Gasteiger partial charge in [-0.05, 0) is 6.07 Å². The smallest absolute Gasteiger partial charge is 0.302 e. The van der Waals surface area contributed by atoms with Crippen LogP contribution in [0, 0.1) is 21.8 Å². The molecule has 120 valence electrons. The molecular formula is C11H9ClF2N2O5S. The highest BCUT2D eigenvalue weighted by molar-refractivity contribution is 7.86. The lowest BCUT2D eigenvalue weighted by molar-refractivity contribution is -0.384. The molecule has 0 saturated carbocycles. The first-order valence-electron chi connectivity index (χ1n) is 5.95. The van der Waals surface area contributed by atoms with Gasteiger partial charge in [0.2, 0.25) is 5.91 Å². The predicted octanol–water partition coefficient (Wildman–Crippen LogP) is 2.04. The van der Waals surface area contributed by atoms with Gasteiger partial charge in [0.15, 0.2) is 0 Å². The molecule has 7 nitrogen and oxygen atoms in total. The summed E-state index contributed by atoms with van der Waals surface area (Å²) in [6, 6.07) is 1.64. The van der Waals surface area contributed by atoms with Crippen LogP contribution in [0.15, 0.2) is 12.1 Å². The number of nitrogens with zero attached hydrogens (tertiary/aromatic N) is 2. The molecule has 0 N–H and O–H groups in total. The Bertz CT molecular complexity index is 755. The maximum Gasteiger partial charge on any atom is 0.302 e. The van der Waals surface area contributed by atoms with Crippen LogP contribution in [-0.4, -0.2) is 31.5 Å². The molecule has 11 heteroatoms. The quantitative estimate of drug-likeness (QED) is 0.468. The van der Waals surface area contributed by atoms with E-state index in [2.05, 4.69) is 0 Å². The van der Waals surface area contributed by atoms with Crippen LogP contribution < -0.4 is 4.90 Å². The summed E-state index contributed by atoms with van der Waals surface area (Å²) in [6.07, 6.45) is -0.326. The van der Waals surface area contributed by atoms with Crippen LogP contribution in [0.4, 0.5) is 19.7 Å². The van der Waals surface area contributed by atoms with Crippen LogP contribution in [0.2, 0.25) is 5.02 Å². The SMILES string of the molecule is O=C1CC(CS(=O)(=O)F)CN1c1c([N+](=O)[O-])ccc(F)c1Cl. The summed E-state index contributed by atoms with van der Waals surface area (Å²) in [4.78, 5) is 22.9. The van der Waals surface area contributed by atoms with Gasteiger partial charge in [-0.2, -0.15) is 8.42 Å². The highest BCUT2D eigenvalue weighted by Crippen LogP contribution is 2.40. The van der Waals surface area contributed by atoms with Gasteiger partial charge in [-0.15, -0.1) is 3.89 Å². The van der Waals surface area contributed by atoms with E-state index in [-0.39, 0.29) is 13.0 Å². The molecule has 2 rings (SSSR count). The van der Waals surface area contributed by atoms with Gasteiger partial charge in [0, 0.05) is 24.9 Å². The maximum absolute atomic E-state index is 13.5. The van der Waals surface area contributed by atoms with Gasteiger partial charge in [0.1, 0.15) is 16.5 Å². The largest absolute Gasteiger partial charge is 0.305 e. The number of benzene rings is 1. The molecule has 1 aromatic rings. The zero-order valence-corrected chi connectivity index (χ0v) is 12.4. The highest BCUT2D eigenvalue weighted by Gasteiger charge is 2.38. The average molecular weight is 355 g/mol. The summed E-state index contributed by atoms with van der Waals surface area (Å²) in [5.41, 5.74) is -1.04. The van der Waals surface area contributed by atoms with Crippen molar-refractivity contribution in [3.8, 4) is 0 Å². The van der Waals surface area contributed by atoms with E-state index in [0.717, 1.165) is 17.0 Å². The lowest BCUT2D eigenvalue weighted by Gasteiger charge is -2.18. The zero-order chi connectivity index (χ0) is 16.7. The minimum absolute atomic E-state index is 0.300. The van der Waals surface area contributed by atoms with Crippen LogP contribution in [0.5, 0.6) is 0 Å². The number of nitro groups is 1. The Morgan fingerprint density at radius 1 is 1.45 bits per heavy atom. The number of carbonyl (C=O) groups excluding carboxylic acids is 1. The summed E-state index contributed by atoms with van der Waals surface area (Å²) in [6.45, 7) is -0.300. The summed E-state index contributed by atoms with van der Waals surface area (Å²) in [5, 5.41) is 10.4. The number of hydrogen-bond acceptors (Lipinski definition) is 5. The summed E-state index contributed by atoms with van der Waals surface area (Å²) in [5.74, 6) is -3.43. The lowest BCUT2D eigenvalue weighted by Crippen LogP contribution is -2.26. The summed E-state index contributed by atoms with van der Waals surface area (Å²) < 4.78 is 47.5. The molecule has 0 aliphatic carbocycles. The molecule has 22 heavy (non-hydrogen) atoms. The number of halogens is 3. The molecular weight excluding hydrogens is 346 g/mol. The highest BCUT2D eigenvalue weighted by atomic mass is 35.5. The fourth-order valence-corrected chi connectivity index (χ4v) is 3.37. The topological polar surface area (TPSA) is 97.6 Å². The second kappa shape index (κ2) is 5.76.